The molecule has 0 bridgehead atoms. The Kier molecular flexibility index (Phi) is 5.82. The van der Waals surface area contributed by atoms with Gasteiger partial charge >= 0.3 is 0 Å². The number of aromatic nitrogens is 1. The second-order valence-corrected chi connectivity index (χ2v) is 6.00. The van der Waals surface area contributed by atoms with E-state index in [2.05, 4.69) is 15.3 Å². The second kappa shape index (κ2) is 7.14. The number of pyridine rings is 1. The highest BCUT2D eigenvalue weighted by Crippen LogP contribution is 2.23. The van der Waals surface area contributed by atoms with E-state index in [1.807, 2.05) is 46.0 Å². The lowest BCUT2D eigenvalue weighted by Crippen LogP contribution is -2.47. The van der Waals surface area contributed by atoms with Gasteiger partial charge in [0.2, 0.25) is 0 Å². The molecular weight excluding hydrogens is 252 g/mol. The Bertz CT molecular complexity index is 448. The molecule has 0 saturated heterocycles. The van der Waals surface area contributed by atoms with Gasteiger partial charge in [0.15, 0.2) is 0 Å². The number of aliphatic hydroxyl groups excluding tert-OH is 1. The molecule has 5 nitrogen and oxygen atoms in total. The third-order valence-corrected chi connectivity index (χ3v) is 3.13. The van der Waals surface area contributed by atoms with Gasteiger partial charge in [0.1, 0.15) is 6.34 Å². The minimum Gasteiger partial charge on any atom is -0.390 e. The van der Waals surface area contributed by atoms with Crippen molar-refractivity contribution in [1.29, 1.82) is 5.41 Å². The molecule has 5 heteroatoms. The summed E-state index contributed by atoms with van der Waals surface area (Å²) in [7, 11) is 0. The van der Waals surface area contributed by atoms with Crippen LogP contribution < -0.4 is 5.32 Å². The molecule has 0 amide bonds. The standard InChI is InChI=1S/C15H24N4O/c1-11-5-6-12(8-18-11)7-13(19-10-17-9-16)14(20)15(2,3)4/h5-6,8-10,13-14,20H,7H2,1-4H3,(H2,16,17,19). The van der Waals surface area contributed by atoms with Crippen molar-refractivity contribution in [2.24, 2.45) is 10.4 Å². The first-order valence-electron chi connectivity index (χ1n) is 6.71. The highest BCUT2D eigenvalue weighted by Gasteiger charge is 2.30. The van der Waals surface area contributed by atoms with Crippen molar-refractivity contribution in [3.63, 3.8) is 0 Å². The molecule has 0 saturated carbocycles. The van der Waals surface area contributed by atoms with Crippen LogP contribution in [0.25, 0.3) is 0 Å². The van der Waals surface area contributed by atoms with E-state index in [0.717, 1.165) is 17.6 Å². The molecule has 0 fully saturated rings. The number of nitrogens with one attached hydrogen (secondary N) is 2. The Morgan fingerprint density at radius 3 is 2.65 bits per heavy atom. The Morgan fingerprint density at radius 2 is 2.15 bits per heavy atom. The predicted molar refractivity (Wildman–Crippen MR) is 82.3 cm³/mol. The number of hydrogen-bond acceptors (Lipinski definition) is 3. The van der Waals surface area contributed by atoms with E-state index >= 15 is 0 Å². The van der Waals surface area contributed by atoms with Crippen molar-refractivity contribution in [2.75, 3.05) is 0 Å². The monoisotopic (exact) mass is 276 g/mol. The molecule has 20 heavy (non-hydrogen) atoms. The maximum atomic E-state index is 10.5. The fraction of sp³-hybridized carbons (Fsp3) is 0.533. The van der Waals surface area contributed by atoms with Crippen LogP contribution in [0.4, 0.5) is 0 Å². The Labute approximate surface area is 120 Å². The summed E-state index contributed by atoms with van der Waals surface area (Å²) >= 11 is 0. The first-order valence-corrected chi connectivity index (χ1v) is 6.71. The molecule has 2 atom stereocenters. The lowest BCUT2D eigenvalue weighted by molar-refractivity contribution is 0.0350. The first-order chi connectivity index (χ1) is 9.34. The summed E-state index contributed by atoms with van der Waals surface area (Å²) < 4.78 is 0. The Morgan fingerprint density at radius 1 is 1.45 bits per heavy atom. The lowest BCUT2D eigenvalue weighted by atomic mass is 9.83. The van der Waals surface area contributed by atoms with Gasteiger partial charge in [-0.15, -0.1) is 0 Å². The first kappa shape index (κ1) is 16.3. The molecule has 1 rings (SSSR count). The van der Waals surface area contributed by atoms with E-state index in [9.17, 15) is 5.11 Å². The minimum atomic E-state index is -0.541. The number of aryl methyl sites for hydroxylation is 1. The largest absolute Gasteiger partial charge is 0.390 e. The fourth-order valence-corrected chi connectivity index (χ4v) is 1.91. The van der Waals surface area contributed by atoms with Gasteiger partial charge in [-0.25, -0.2) is 4.99 Å². The number of nitrogens with zero attached hydrogens (tertiary/aromatic N) is 2. The van der Waals surface area contributed by atoms with Crippen LogP contribution in [0.1, 0.15) is 32.0 Å². The fourth-order valence-electron chi connectivity index (χ4n) is 1.91. The molecule has 0 aliphatic heterocycles. The summed E-state index contributed by atoms with van der Waals surface area (Å²) in [6.07, 6.45) is 4.35. The molecule has 0 aliphatic rings. The molecule has 1 aromatic rings. The Hall–Kier alpha value is -1.75. The Balaban J connectivity index is 2.83. The molecule has 2 unspecified atom stereocenters. The average molecular weight is 276 g/mol. The van der Waals surface area contributed by atoms with Gasteiger partial charge in [0.05, 0.1) is 18.5 Å². The molecule has 0 radical (unpaired) electrons. The van der Waals surface area contributed by atoms with Crippen LogP contribution in [0.2, 0.25) is 0 Å². The number of aliphatic hydroxyl groups is 1. The average Bonchev–Trinajstić information content (AvgIpc) is 2.38. The summed E-state index contributed by atoms with van der Waals surface area (Å²) in [5.74, 6) is 0. The number of hydrogen-bond donors (Lipinski definition) is 3. The van der Waals surface area contributed by atoms with Gasteiger partial charge in [-0.1, -0.05) is 26.8 Å². The maximum Gasteiger partial charge on any atom is 0.108 e. The predicted octanol–water partition coefficient (Wildman–Crippen LogP) is 1.93. The zero-order valence-corrected chi connectivity index (χ0v) is 12.6. The highest BCUT2D eigenvalue weighted by atomic mass is 16.3. The zero-order valence-electron chi connectivity index (χ0n) is 12.6. The summed E-state index contributed by atoms with van der Waals surface area (Å²) in [6.45, 7) is 7.93. The van der Waals surface area contributed by atoms with Crippen LogP contribution in [-0.2, 0) is 6.42 Å². The van der Waals surface area contributed by atoms with E-state index < -0.39 is 6.10 Å². The normalized spacial score (nSPS) is 15.1. The molecule has 3 N–H and O–H groups in total. The second-order valence-electron chi connectivity index (χ2n) is 6.00. The lowest BCUT2D eigenvalue weighted by Gasteiger charge is -2.33. The van der Waals surface area contributed by atoms with E-state index in [1.165, 1.54) is 6.34 Å². The third-order valence-electron chi connectivity index (χ3n) is 3.13. The highest BCUT2D eigenvalue weighted by molar-refractivity contribution is 5.69. The summed E-state index contributed by atoms with van der Waals surface area (Å²) in [5.41, 5.74) is 1.79. The van der Waals surface area contributed by atoms with E-state index in [-0.39, 0.29) is 11.5 Å². The van der Waals surface area contributed by atoms with Crippen LogP contribution in [0.15, 0.2) is 23.3 Å². The molecule has 1 heterocycles. The SMILES string of the molecule is Cc1ccc(CC(N/C=N\C=N)C(O)C(C)(C)C)cn1. The third kappa shape index (κ3) is 5.09. The maximum absolute atomic E-state index is 10.5. The zero-order chi connectivity index (χ0) is 15.2. The van der Waals surface area contributed by atoms with Crippen LogP contribution in [0.3, 0.4) is 0 Å². The van der Waals surface area contributed by atoms with Crippen molar-refractivity contribution in [3.8, 4) is 0 Å². The van der Waals surface area contributed by atoms with Crippen molar-refractivity contribution >= 4 is 12.7 Å². The van der Waals surface area contributed by atoms with Gasteiger partial charge in [-0.2, -0.15) is 0 Å². The summed E-state index contributed by atoms with van der Waals surface area (Å²) in [5, 5.41) is 20.4. The smallest absolute Gasteiger partial charge is 0.108 e. The summed E-state index contributed by atoms with van der Waals surface area (Å²) in [6, 6.07) is 3.80. The van der Waals surface area contributed by atoms with Crippen molar-refractivity contribution in [1.82, 2.24) is 10.3 Å². The molecule has 0 spiro atoms. The van der Waals surface area contributed by atoms with Gasteiger partial charge < -0.3 is 10.4 Å². The van der Waals surface area contributed by atoms with E-state index in [0.29, 0.717) is 6.42 Å². The van der Waals surface area contributed by atoms with Gasteiger partial charge in [0, 0.05) is 11.9 Å². The van der Waals surface area contributed by atoms with Gasteiger partial charge in [-0.05, 0) is 30.4 Å². The number of rotatable bonds is 6. The van der Waals surface area contributed by atoms with Gasteiger partial charge in [-0.3, -0.25) is 10.4 Å². The topological polar surface area (TPSA) is 81.4 Å². The van der Waals surface area contributed by atoms with Crippen LogP contribution >= 0.6 is 0 Å². The number of aliphatic imine (C=N–C) groups is 1. The molecular formula is C15H24N4O. The molecule has 0 aromatic carbocycles. The summed E-state index contributed by atoms with van der Waals surface area (Å²) in [4.78, 5) is 7.98. The van der Waals surface area contributed by atoms with Gasteiger partial charge in [0.25, 0.3) is 0 Å². The molecule has 0 aliphatic carbocycles. The van der Waals surface area contributed by atoms with Crippen molar-refractivity contribution < 1.29 is 5.11 Å². The quantitative estimate of drug-likeness (QED) is 0.548. The van der Waals surface area contributed by atoms with Crippen molar-refractivity contribution in [2.45, 2.75) is 46.3 Å². The molecule has 1 aromatic heterocycles. The minimum absolute atomic E-state index is 0.178. The molecule has 110 valence electrons. The van der Waals surface area contributed by atoms with Crippen molar-refractivity contribution in [3.05, 3.63) is 29.6 Å². The van der Waals surface area contributed by atoms with Crippen LogP contribution in [0.5, 0.6) is 0 Å². The van der Waals surface area contributed by atoms with E-state index in [1.54, 1.807) is 0 Å². The van der Waals surface area contributed by atoms with Crippen LogP contribution in [-0.4, -0.2) is 34.9 Å². The van der Waals surface area contributed by atoms with Crippen LogP contribution in [0, 0.1) is 17.7 Å². The van der Waals surface area contributed by atoms with E-state index in [4.69, 9.17) is 5.41 Å².